The van der Waals surface area contributed by atoms with Crippen molar-refractivity contribution in [1.82, 2.24) is 0 Å². The number of ether oxygens (including phenoxy) is 1. The molecular formula is C15H16N2O3. The first-order valence-electron chi connectivity index (χ1n) is 5.99. The molecule has 0 aliphatic heterocycles. The molecule has 5 heteroatoms. The molecule has 1 aromatic carbocycles. The molecule has 104 valence electrons. The average Bonchev–Trinajstić information content (AvgIpc) is 2.43. The van der Waals surface area contributed by atoms with Crippen LogP contribution in [-0.2, 0) is 4.79 Å². The molecule has 1 aromatic rings. The van der Waals surface area contributed by atoms with Crippen molar-refractivity contribution in [2.24, 2.45) is 0 Å². The molecular weight excluding hydrogens is 256 g/mol. The molecule has 0 saturated heterocycles. The van der Waals surface area contributed by atoms with E-state index in [0.29, 0.717) is 18.0 Å². The van der Waals surface area contributed by atoms with Crippen molar-refractivity contribution in [3.05, 3.63) is 48.3 Å². The standard InChI is InChI=1S/C15H16N2O3/c1-3-8-20-14-6-4-13(5-7-14)17-15(19)9-12(10-16)11(2)18/h3-7,18H,1,8-9H2,2H3,(H,17,19). The molecule has 0 aromatic heterocycles. The van der Waals surface area contributed by atoms with E-state index in [9.17, 15) is 9.90 Å². The molecule has 20 heavy (non-hydrogen) atoms. The van der Waals surface area contributed by atoms with Crippen LogP contribution in [0.2, 0.25) is 0 Å². The SMILES string of the molecule is C=CCOc1ccc(NC(=O)CC(C#N)=C(C)O)cc1. The van der Waals surface area contributed by atoms with Crippen LogP contribution in [0.25, 0.3) is 0 Å². The van der Waals surface area contributed by atoms with Gasteiger partial charge in [-0.05, 0) is 31.2 Å². The lowest BCUT2D eigenvalue weighted by molar-refractivity contribution is -0.115. The molecule has 0 heterocycles. The Labute approximate surface area is 117 Å². The molecule has 0 unspecified atom stereocenters. The highest BCUT2D eigenvalue weighted by Crippen LogP contribution is 2.16. The van der Waals surface area contributed by atoms with E-state index in [1.54, 1.807) is 36.4 Å². The lowest BCUT2D eigenvalue weighted by atomic mass is 10.1. The molecule has 5 nitrogen and oxygen atoms in total. The van der Waals surface area contributed by atoms with E-state index in [1.165, 1.54) is 6.92 Å². The maximum absolute atomic E-state index is 11.7. The maximum Gasteiger partial charge on any atom is 0.229 e. The van der Waals surface area contributed by atoms with Gasteiger partial charge in [0.2, 0.25) is 5.91 Å². The zero-order valence-corrected chi connectivity index (χ0v) is 11.2. The van der Waals surface area contributed by atoms with Gasteiger partial charge in [-0.25, -0.2) is 0 Å². The van der Waals surface area contributed by atoms with Gasteiger partial charge in [0.15, 0.2) is 0 Å². The van der Waals surface area contributed by atoms with Crippen LogP contribution in [0.4, 0.5) is 5.69 Å². The molecule has 0 aliphatic carbocycles. The number of anilines is 1. The van der Waals surface area contributed by atoms with Crippen LogP contribution in [0.5, 0.6) is 5.75 Å². The van der Waals surface area contributed by atoms with Crippen molar-refractivity contribution in [3.63, 3.8) is 0 Å². The third-order valence-corrected chi connectivity index (χ3v) is 2.41. The van der Waals surface area contributed by atoms with Crippen LogP contribution in [0, 0.1) is 11.3 Å². The number of benzene rings is 1. The van der Waals surface area contributed by atoms with Crippen LogP contribution in [-0.4, -0.2) is 17.6 Å². The minimum absolute atomic E-state index is 0.0495. The number of carbonyl (C=O) groups is 1. The summed E-state index contributed by atoms with van der Waals surface area (Å²) in [7, 11) is 0. The van der Waals surface area contributed by atoms with Crippen molar-refractivity contribution in [1.29, 1.82) is 5.26 Å². The Morgan fingerprint density at radius 1 is 1.50 bits per heavy atom. The van der Waals surface area contributed by atoms with Gasteiger partial charge >= 0.3 is 0 Å². The summed E-state index contributed by atoms with van der Waals surface area (Å²) in [6, 6.07) is 8.61. The Kier molecular flexibility index (Phi) is 5.85. The van der Waals surface area contributed by atoms with Crippen LogP contribution < -0.4 is 10.1 Å². The van der Waals surface area contributed by atoms with Gasteiger partial charge in [0.25, 0.3) is 0 Å². The van der Waals surface area contributed by atoms with E-state index in [-0.39, 0.29) is 23.7 Å². The number of aliphatic hydroxyl groups is 1. The highest BCUT2D eigenvalue weighted by molar-refractivity contribution is 5.92. The Hall–Kier alpha value is -2.74. The summed E-state index contributed by atoms with van der Waals surface area (Å²) in [4.78, 5) is 11.7. The summed E-state index contributed by atoms with van der Waals surface area (Å²) in [5.74, 6) is 0.164. The Bertz CT molecular complexity index is 549. The van der Waals surface area contributed by atoms with E-state index in [4.69, 9.17) is 10.00 Å². The number of carbonyl (C=O) groups excluding carboxylic acids is 1. The van der Waals surface area contributed by atoms with Crippen molar-refractivity contribution < 1.29 is 14.6 Å². The summed E-state index contributed by atoms with van der Waals surface area (Å²) in [6.07, 6.45) is 1.48. The zero-order chi connectivity index (χ0) is 15.0. The minimum atomic E-state index is -0.366. The highest BCUT2D eigenvalue weighted by Gasteiger charge is 2.09. The number of amides is 1. The normalized spacial score (nSPS) is 11.0. The fourth-order valence-corrected chi connectivity index (χ4v) is 1.40. The van der Waals surface area contributed by atoms with E-state index in [2.05, 4.69) is 11.9 Å². The number of allylic oxidation sites excluding steroid dienone is 1. The van der Waals surface area contributed by atoms with Crippen LogP contribution in [0.3, 0.4) is 0 Å². The second kappa shape index (κ2) is 7.64. The van der Waals surface area contributed by atoms with E-state index >= 15 is 0 Å². The monoisotopic (exact) mass is 272 g/mol. The number of nitrogens with one attached hydrogen (secondary N) is 1. The predicted molar refractivity (Wildman–Crippen MR) is 76.3 cm³/mol. The average molecular weight is 272 g/mol. The Morgan fingerprint density at radius 3 is 2.65 bits per heavy atom. The molecule has 0 spiro atoms. The van der Waals surface area contributed by atoms with Gasteiger partial charge in [-0.2, -0.15) is 5.26 Å². The quantitative estimate of drug-likeness (QED) is 0.474. The van der Waals surface area contributed by atoms with Gasteiger partial charge < -0.3 is 15.2 Å². The number of nitriles is 1. The first-order valence-corrected chi connectivity index (χ1v) is 5.99. The molecule has 0 bridgehead atoms. The number of rotatable bonds is 6. The summed E-state index contributed by atoms with van der Waals surface area (Å²) >= 11 is 0. The summed E-state index contributed by atoms with van der Waals surface area (Å²) < 4.78 is 5.31. The van der Waals surface area contributed by atoms with Gasteiger partial charge in [0.1, 0.15) is 18.1 Å². The largest absolute Gasteiger partial charge is 0.512 e. The first kappa shape index (κ1) is 15.3. The van der Waals surface area contributed by atoms with Gasteiger partial charge in [0, 0.05) is 5.69 Å². The Balaban J connectivity index is 2.61. The van der Waals surface area contributed by atoms with Crippen LogP contribution in [0.15, 0.2) is 48.3 Å². The second-order valence-electron chi connectivity index (χ2n) is 4.02. The fraction of sp³-hybridized carbons (Fsp3) is 0.200. The number of nitrogens with zero attached hydrogens (tertiary/aromatic N) is 1. The molecule has 1 amide bonds. The summed E-state index contributed by atoms with van der Waals surface area (Å²) in [5, 5.41) is 20.6. The second-order valence-corrected chi connectivity index (χ2v) is 4.02. The molecule has 0 radical (unpaired) electrons. The van der Waals surface area contributed by atoms with Gasteiger partial charge in [-0.3, -0.25) is 4.79 Å². The minimum Gasteiger partial charge on any atom is -0.512 e. The molecule has 0 fully saturated rings. The number of aliphatic hydroxyl groups excluding tert-OH is 1. The lowest BCUT2D eigenvalue weighted by Crippen LogP contribution is -2.12. The smallest absolute Gasteiger partial charge is 0.229 e. The topological polar surface area (TPSA) is 82.3 Å². The van der Waals surface area contributed by atoms with Crippen molar-refractivity contribution in [3.8, 4) is 11.8 Å². The third kappa shape index (κ3) is 4.86. The van der Waals surface area contributed by atoms with Crippen molar-refractivity contribution >= 4 is 11.6 Å². The van der Waals surface area contributed by atoms with Crippen LogP contribution >= 0.6 is 0 Å². The summed E-state index contributed by atoms with van der Waals surface area (Å²) in [6.45, 7) is 5.34. The summed E-state index contributed by atoms with van der Waals surface area (Å²) in [5.41, 5.74) is 0.641. The van der Waals surface area contributed by atoms with Gasteiger partial charge in [0.05, 0.1) is 18.1 Å². The Morgan fingerprint density at radius 2 is 2.15 bits per heavy atom. The van der Waals surface area contributed by atoms with E-state index in [1.807, 2.05) is 0 Å². The highest BCUT2D eigenvalue weighted by atomic mass is 16.5. The van der Waals surface area contributed by atoms with Crippen molar-refractivity contribution in [2.45, 2.75) is 13.3 Å². The molecule has 0 saturated carbocycles. The molecule has 1 rings (SSSR count). The fourth-order valence-electron chi connectivity index (χ4n) is 1.40. The van der Waals surface area contributed by atoms with E-state index < -0.39 is 0 Å². The van der Waals surface area contributed by atoms with Gasteiger partial charge in [-0.15, -0.1) is 0 Å². The maximum atomic E-state index is 11.7. The molecule has 0 aliphatic rings. The first-order chi connectivity index (χ1) is 9.56. The number of hydrogen-bond acceptors (Lipinski definition) is 4. The molecule has 2 N–H and O–H groups in total. The van der Waals surface area contributed by atoms with Crippen LogP contribution in [0.1, 0.15) is 13.3 Å². The number of hydrogen-bond donors (Lipinski definition) is 2. The van der Waals surface area contributed by atoms with Crippen molar-refractivity contribution in [2.75, 3.05) is 11.9 Å². The van der Waals surface area contributed by atoms with E-state index in [0.717, 1.165) is 0 Å². The third-order valence-electron chi connectivity index (χ3n) is 2.41. The lowest BCUT2D eigenvalue weighted by Gasteiger charge is -2.07. The molecule has 0 atom stereocenters. The van der Waals surface area contributed by atoms with Gasteiger partial charge in [-0.1, -0.05) is 12.7 Å². The predicted octanol–water partition coefficient (Wildman–Crippen LogP) is 2.94. The zero-order valence-electron chi connectivity index (χ0n) is 11.2.